The van der Waals surface area contributed by atoms with Gasteiger partial charge in [-0.25, -0.2) is 4.98 Å². The Balaban J connectivity index is 2.14. The standard InChI is InChI=1S/C13H19NO/c1-9(2)8-15-13-12(11-4-5-11)6-10(3)7-14-13/h6-7,9,11H,4-5,8H2,1-3H3. The van der Waals surface area contributed by atoms with Crippen molar-refractivity contribution in [3.8, 4) is 5.88 Å². The summed E-state index contributed by atoms with van der Waals surface area (Å²) in [6.07, 6.45) is 4.48. The highest BCUT2D eigenvalue weighted by molar-refractivity contribution is 5.35. The van der Waals surface area contributed by atoms with Gasteiger partial charge in [0.25, 0.3) is 0 Å². The number of rotatable bonds is 4. The van der Waals surface area contributed by atoms with E-state index in [-0.39, 0.29) is 0 Å². The van der Waals surface area contributed by atoms with Crippen molar-refractivity contribution in [2.45, 2.75) is 39.5 Å². The number of ether oxygens (including phenoxy) is 1. The molecule has 2 heteroatoms. The summed E-state index contributed by atoms with van der Waals surface area (Å²) >= 11 is 0. The number of hydrogen-bond acceptors (Lipinski definition) is 2. The first-order chi connectivity index (χ1) is 7.16. The minimum Gasteiger partial charge on any atom is -0.477 e. The van der Waals surface area contributed by atoms with Crippen LogP contribution in [0.3, 0.4) is 0 Å². The lowest BCUT2D eigenvalue weighted by Gasteiger charge is -2.12. The number of pyridine rings is 1. The number of aryl methyl sites for hydroxylation is 1. The summed E-state index contributed by atoms with van der Waals surface area (Å²) in [6, 6.07) is 2.22. The van der Waals surface area contributed by atoms with E-state index in [1.807, 2.05) is 6.20 Å². The lowest BCUT2D eigenvalue weighted by Crippen LogP contribution is -2.07. The summed E-state index contributed by atoms with van der Waals surface area (Å²) in [5.41, 5.74) is 2.55. The first-order valence-electron chi connectivity index (χ1n) is 5.76. The second-order valence-corrected chi connectivity index (χ2v) is 4.89. The Morgan fingerprint density at radius 1 is 1.47 bits per heavy atom. The van der Waals surface area contributed by atoms with Crippen LogP contribution < -0.4 is 4.74 Å². The van der Waals surface area contributed by atoms with Gasteiger partial charge in [-0.3, -0.25) is 0 Å². The highest BCUT2D eigenvalue weighted by Gasteiger charge is 2.27. The monoisotopic (exact) mass is 205 g/mol. The fourth-order valence-corrected chi connectivity index (χ4v) is 1.63. The van der Waals surface area contributed by atoms with E-state index in [4.69, 9.17) is 4.74 Å². The average Bonchev–Trinajstić information content (AvgIpc) is 2.98. The molecular formula is C13H19NO. The predicted molar refractivity (Wildman–Crippen MR) is 61.3 cm³/mol. The molecule has 82 valence electrons. The fourth-order valence-electron chi connectivity index (χ4n) is 1.63. The van der Waals surface area contributed by atoms with Crippen LogP contribution in [0.1, 0.15) is 43.7 Å². The van der Waals surface area contributed by atoms with Crippen LogP contribution >= 0.6 is 0 Å². The van der Waals surface area contributed by atoms with Gasteiger partial charge in [-0.15, -0.1) is 0 Å². The summed E-state index contributed by atoms with van der Waals surface area (Å²) in [7, 11) is 0. The van der Waals surface area contributed by atoms with Crippen LogP contribution in [0.15, 0.2) is 12.3 Å². The molecule has 2 nitrogen and oxygen atoms in total. The Bertz CT molecular complexity index is 342. The van der Waals surface area contributed by atoms with Gasteiger partial charge < -0.3 is 4.74 Å². The molecule has 1 aliphatic rings. The van der Waals surface area contributed by atoms with Crippen LogP contribution in [-0.4, -0.2) is 11.6 Å². The molecule has 1 aromatic heterocycles. The topological polar surface area (TPSA) is 22.1 Å². The van der Waals surface area contributed by atoms with Crippen LogP contribution in [0.5, 0.6) is 5.88 Å². The largest absolute Gasteiger partial charge is 0.477 e. The molecule has 1 fully saturated rings. The Labute approximate surface area is 91.7 Å². The minimum absolute atomic E-state index is 0.556. The Morgan fingerprint density at radius 2 is 2.20 bits per heavy atom. The normalized spacial score (nSPS) is 15.7. The molecule has 0 aromatic carbocycles. The van der Waals surface area contributed by atoms with Crippen molar-refractivity contribution < 1.29 is 4.74 Å². The van der Waals surface area contributed by atoms with E-state index in [1.165, 1.54) is 24.0 Å². The second kappa shape index (κ2) is 4.21. The molecular weight excluding hydrogens is 186 g/mol. The summed E-state index contributed by atoms with van der Waals surface area (Å²) < 4.78 is 5.74. The van der Waals surface area contributed by atoms with E-state index in [2.05, 4.69) is 31.8 Å². The smallest absolute Gasteiger partial charge is 0.216 e. The Kier molecular flexibility index (Phi) is 2.94. The van der Waals surface area contributed by atoms with Crippen molar-refractivity contribution in [2.75, 3.05) is 6.61 Å². The molecule has 2 rings (SSSR count). The Morgan fingerprint density at radius 3 is 2.80 bits per heavy atom. The lowest BCUT2D eigenvalue weighted by atomic mass is 10.1. The first kappa shape index (κ1) is 10.5. The fraction of sp³-hybridized carbons (Fsp3) is 0.615. The van der Waals surface area contributed by atoms with Crippen molar-refractivity contribution >= 4 is 0 Å². The molecule has 0 N–H and O–H groups in total. The zero-order valence-corrected chi connectivity index (χ0v) is 9.79. The molecule has 1 aromatic rings. The maximum absolute atomic E-state index is 5.74. The van der Waals surface area contributed by atoms with Crippen LogP contribution in [0.4, 0.5) is 0 Å². The number of hydrogen-bond donors (Lipinski definition) is 0. The van der Waals surface area contributed by atoms with Gasteiger partial charge in [0, 0.05) is 11.8 Å². The third-order valence-corrected chi connectivity index (χ3v) is 2.59. The maximum atomic E-state index is 5.74. The molecule has 0 saturated heterocycles. The van der Waals surface area contributed by atoms with Gasteiger partial charge >= 0.3 is 0 Å². The van der Waals surface area contributed by atoms with E-state index < -0.39 is 0 Å². The second-order valence-electron chi connectivity index (χ2n) is 4.89. The highest BCUT2D eigenvalue weighted by atomic mass is 16.5. The summed E-state index contributed by atoms with van der Waals surface area (Å²) in [4.78, 5) is 4.39. The zero-order chi connectivity index (χ0) is 10.8. The summed E-state index contributed by atoms with van der Waals surface area (Å²) in [5.74, 6) is 2.12. The molecule has 0 bridgehead atoms. The molecule has 1 saturated carbocycles. The van der Waals surface area contributed by atoms with Crippen molar-refractivity contribution in [2.24, 2.45) is 5.92 Å². The van der Waals surface area contributed by atoms with Gasteiger partial charge in [-0.05, 0) is 43.2 Å². The SMILES string of the molecule is Cc1cnc(OCC(C)C)c(C2CC2)c1. The molecule has 0 aliphatic heterocycles. The average molecular weight is 205 g/mol. The molecule has 15 heavy (non-hydrogen) atoms. The van der Waals surface area contributed by atoms with Crippen LogP contribution in [0, 0.1) is 12.8 Å². The van der Waals surface area contributed by atoms with Gasteiger partial charge in [0.05, 0.1) is 6.61 Å². The van der Waals surface area contributed by atoms with Gasteiger partial charge in [0.1, 0.15) is 0 Å². The van der Waals surface area contributed by atoms with Crippen molar-refractivity contribution in [1.82, 2.24) is 4.98 Å². The van der Waals surface area contributed by atoms with Crippen LogP contribution in [0.2, 0.25) is 0 Å². The van der Waals surface area contributed by atoms with E-state index in [0.717, 1.165) is 12.5 Å². The maximum Gasteiger partial charge on any atom is 0.216 e. The van der Waals surface area contributed by atoms with Crippen LogP contribution in [-0.2, 0) is 0 Å². The number of aromatic nitrogens is 1. The number of nitrogens with zero attached hydrogens (tertiary/aromatic N) is 1. The minimum atomic E-state index is 0.556. The predicted octanol–water partition coefficient (Wildman–Crippen LogP) is 3.30. The molecule has 0 spiro atoms. The first-order valence-corrected chi connectivity index (χ1v) is 5.76. The van der Waals surface area contributed by atoms with Crippen molar-refractivity contribution in [3.63, 3.8) is 0 Å². The van der Waals surface area contributed by atoms with Gasteiger partial charge in [0.2, 0.25) is 5.88 Å². The van der Waals surface area contributed by atoms with E-state index in [0.29, 0.717) is 11.8 Å². The van der Waals surface area contributed by atoms with Crippen LogP contribution in [0.25, 0.3) is 0 Å². The van der Waals surface area contributed by atoms with Gasteiger partial charge in [-0.2, -0.15) is 0 Å². The Hall–Kier alpha value is -1.05. The van der Waals surface area contributed by atoms with Crippen molar-refractivity contribution in [1.29, 1.82) is 0 Å². The molecule has 0 unspecified atom stereocenters. The highest BCUT2D eigenvalue weighted by Crippen LogP contribution is 2.43. The van der Waals surface area contributed by atoms with Gasteiger partial charge in [-0.1, -0.05) is 13.8 Å². The molecule has 0 amide bonds. The van der Waals surface area contributed by atoms with E-state index in [1.54, 1.807) is 0 Å². The summed E-state index contributed by atoms with van der Waals surface area (Å²) in [5, 5.41) is 0. The van der Waals surface area contributed by atoms with E-state index >= 15 is 0 Å². The lowest BCUT2D eigenvalue weighted by molar-refractivity contribution is 0.258. The third-order valence-electron chi connectivity index (χ3n) is 2.59. The molecule has 1 aliphatic carbocycles. The quantitative estimate of drug-likeness (QED) is 0.752. The molecule has 1 heterocycles. The molecule has 0 atom stereocenters. The zero-order valence-electron chi connectivity index (χ0n) is 9.79. The summed E-state index contributed by atoms with van der Waals surface area (Å²) in [6.45, 7) is 7.16. The molecule has 0 radical (unpaired) electrons. The van der Waals surface area contributed by atoms with E-state index in [9.17, 15) is 0 Å². The van der Waals surface area contributed by atoms with Crippen molar-refractivity contribution in [3.05, 3.63) is 23.4 Å². The third kappa shape index (κ3) is 2.71. The van der Waals surface area contributed by atoms with Gasteiger partial charge in [0.15, 0.2) is 0 Å².